The van der Waals surface area contributed by atoms with Gasteiger partial charge in [0.25, 0.3) is 0 Å². The molecule has 8 atom stereocenters. The van der Waals surface area contributed by atoms with Crippen LogP contribution in [0.25, 0.3) is 0 Å². The predicted molar refractivity (Wildman–Crippen MR) is 170 cm³/mol. The molecule has 2 aromatic carbocycles. The first-order valence-corrected chi connectivity index (χ1v) is 16.4. The molecule has 0 bridgehead atoms. The third-order valence-electron chi connectivity index (χ3n) is 10.4. The second kappa shape index (κ2) is 14.0. The third-order valence-corrected chi connectivity index (χ3v) is 10.4. The van der Waals surface area contributed by atoms with Gasteiger partial charge in [0.2, 0.25) is 10.8 Å². The van der Waals surface area contributed by atoms with Gasteiger partial charge in [-0.05, 0) is 72.3 Å². The highest BCUT2D eigenvalue weighted by molar-refractivity contribution is 6.02. The molecule has 234 valence electrons. The Morgan fingerprint density at radius 1 is 0.659 bits per heavy atom. The Morgan fingerprint density at radius 2 is 1.00 bits per heavy atom. The van der Waals surface area contributed by atoms with Gasteiger partial charge in [0.1, 0.15) is 12.2 Å². The molecule has 2 aliphatic carbocycles. The van der Waals surface area contributed by atoms with Crippen LogP contribution in [0.2, 0.25) is 0 Å². The lowest BCUT2D eigenvalue weighted by molar-refractivity contribution is -0.173. The molecule has 0 heterocycles. The number of rotatable bonds is 9. The number of carbonyl (C=O) groups is 2. The zero-order valence-electron chi connectivity index (χ0n) is 27.2. The molecule has 44 heavy (non-hydrogen) atoms. The highest BCUT2D eigenvalue weighted by Gasteiger charge is 2.68. The van der Waals surface area contributed by atoms with Crippen LogP contribution in [-0.4, -0.2) is 24.1 Å². The molecule has 0 aromatic heterocycles. The molecular weight excluding hydrogens is 548 g/mol. The summed E-state index contributed by atoms with van der Waals surface area (Å²) in [6.07, 6.45) is 4.34. The van der Waals surface area contributed by atoms with Crippen LogP contribution >= 0.6 is 0 Å². The van der Waals surface area contributed by atoms with Crippen LogP contribution in [0.1, 0.15) is 91.2 Å². The van der Waals surface area contributed by atoms with E-state index in [-0.39, 0.29) is 34.8 Å². The van der Waals surface area contributed by atoms with Crippen LogP contribution in [0.15, 0.2) is 60.7 Å². The molecule has 6 heteroatoms. The summed E-state index contributed by atoms with van der Waals surface area (Å²) < 4.78 is 12.7. The number of benzene rings is 2. The number of hydrogen-bond donors (Lipinski definition) is 0. The van der Waals surface area contributed by atoms with Crippen molar-refractivity contribution in [3.05, 3.63) is 71.8 Å². The first-order chi connectivity index (χ1) is 21.0. The average molecular weight is 597 g/mol. The zero-order valence-corrected chi connectivity index (χ0v) is 27.2. The summed E-state index contributed by atoms with van der Waals surface area (Å²) in [5.41, 5.74) is -4.18. The molecule has 0 radical (unpaired) electrons. The Labute approximate surface area is 263 Å². The molecule has 0 N–H and O–H groups in total. The number of ether oxygens (including phenoxy) is 2. The van der Waals surface area contributed by atoms with E-state index in [2.05, 4.69) is 53.7 Å². The van der Waals surface area contributed by atoms with Crippen molar-refractivity contribution in [2.75, 3.05) is 0 Å². The van der Waals surface area contributed by atoms with Gasteiger partial charge in [-0.25, -0.2) is 9.59 Å². The largest absolute Gasteiger partial charge is 0.461 e. The number of hydrogen-bond acceptors (Lipinski definition) is 6. The van der Waals surface area contributed by atoms with Gasteiger partial charge < -0.3 is 9.47 Å². The maximum Gasteiger partial charge on any atom is 0.334 e. The van der Waals surface area contributed by atoms with Gasteiger partial charge in [0.15, 0.2) is 0 Å². The Balaban J connectivity index is 1.92. The first kappa shape index (κ1) is 33.3. The first-order valence-electron chi connectivity index (χ1n) is 16.4. The third kappa shape index (κ3) is 6.14. The van der Waals surface area contributed by atoms with Crippen LogP contribution in [0.3, 0.4) is 0 Å². The van der Waals surface area contributed by atoms with E-state index in [4.69, 9.17) is 9.47 Å². The van der Waals surface area contributed by atoms with Crippen molar-refractivity contribution in [2.24, 2.45) is 35.5 Å². The Hall–Kier alpha value is -3.64. The van der Waals surface area contributed by atoms with Crippen LogP contribution in [0, 0.1) is 58.2 Å². The van der Waals surface area contributed by atoms with E-state index in [9.17, 15) is 20.1 Å². The van der Waals surface area contributed by atoms with Crippen LogP contribution < -0.4 is 0 Å². The van der Waals surface area contributed by atoms with E-state index in [1.165, 1.54) is 0 Å². The van der Waals surface area contributed by atoms with Crippen molar-refractivity contribution in [3.8, 4) is 12.1 Å². The molecule has 0 amide bonds. The van der Waals surface area contributed by atoms with Crippen LogP contribution in [0.4, 0.5) is 0 Å². The molecule has 2 aliphatic rings. The standard InChI is InChI=1S/C38H48N2O4/c1-25(2)31-19-17-27(5)21-33(31)43-35(41)37(23-39,29-13-9-7-10-14-29)38(24-40,30-15-11-8-12-16-30)36(42)44-34-22-28(6)18-20-32(34)26(3)4/h7-16,25-28,31-34H,17-22H2,1-6H3/t27-,28?,31+,32+,33-,34-,37+,38-/m1/s1. The molecule has 1 unspecified atom stereocenters. The van der Waals surface area contributed by atoms with Gasteiger partial charge in [0.05, 0.1) is 12.1 Å². The smallest absolute Gasteiger partial charge is 0.334 e. The molecule has 0 spiro atoms. The van der Waals surface area contributed by atoms with E-state index in [1.54, 1.807) is 60.7 Å². The van der Waals surface area contributed by atoms with Crippen molar-refractivity contribution < 1.29 is 19.1 Å². The normalized spacial score (nSPS) is 28.1. The monoisotopic (exact) mass is 596 g/mol. The number of nitrogens with zero attached hydrogens (tertiary/aromatic N) is 2. The van der Waals surface area contributed by atoms with Gasteiger partial charge in [-0.15, -0.1) is 0 Å². The Bertz CT molecular complexity index is 1260. The maximum absolute atomic E-state index is 14.8. The van der Waals surface area contributed by atoms with Crippen molar-refractivity contribution >= 4 is 11.9 Å². The quantitative estimate of drug-likeness (QED) is 0.273. The van der Waals surface area contributed by atoms with Gasteiger partial charge in [-0.3, -0.25) is 0 Å². The van der Waals surface area contributed by atoms with Crippen molar-refractivity contribution in [1.82, 2.24) is 0 Å². The van der Waals surface area contributed by atoms with Crippen molar-refractivity contribution in [2.45, 2.75) is 103 Å². The van der Waals surface area contributed by atoms with Gasteiger partial charge in [-0.2, -0.15) is 10.5 Å². The summed E-state index contributed by atoms with van der Waals surface area (Å²) in [4.78, 5) is 29.7. The van der Waals surface area contributed by atoms with E-state index in [1.807, 2.05) is 0 Å². The van der Waals surface area contributed by atoms with E-state index in [0.29, 0.717) is 24.7 Å². The second-order valence-corrected chi connectivity index (χ2v) is 14.0. The summed E-state index contributed by atoms with van der Waals surface area (Å²) >= 11 is 0. The molecule has 2 fully saturated rings. The molecule has 0 saturated heterocycles. The van der Waals surface area contributed by atoms with Gasteiger partial charge in [0, 0.05) is 0 Å². The van der Waals surface area contributed by atoms with E-state index >= 15 is 0 Å². The van der Waals surface area contributed by atoms with E-state index < -0.39 is 35.0 Å². The molecule has 6 nitrogen and oxygen atoms in total. The summed E-state index contributed by atoms with van der Waals surface area (Å²) in [6, 6.07) is 21.4. The zero-order chi connectivity index (χ0) is 32.1. The highest BCUT2D eigenvalue weighted by atomic mass is 16.6. The fraction of sp³-hybridized carbons (Fsp3) is 0.579. The minimum absolute atomic E-state index is 0.109. The topological polar surface area (TPSA) is 100 Å². The molecule has 0 aliphatic heterocycles. The summed E-state index contributed by atoms with van der Waals surface area (Å²) in [7, 11) is 0. The average Bonchev–Trinajstić information content (AvgIpc) is 3.00. The van der Waals surface area contributed by atoms with Crippen LogP contribution in [-0.2, 0) is 29.9 Å². The Morgan fingerprint density at radius 3 is 1.30 bits per heavy atom. The lowest BCUT2D eigenvalue weighted by Crippen LogP contribution is -2.60. The molecule has 2 aromatic rings. The Kier molecular flexibility index (Phi) is 10.6. The molecule has 4 rings (SSSR count). The van der Waals surface area contributed by atoms with Gasteiger partial charge in [-0.1, -0.05) is 115 Å². The van der Waals surface area contributed by atoms with Crippen LogP contribution in [0.5, 0.6) is 0 Å². The molecular formula is C38H48N2O4. The fourth-order valence-corrected chi connectivity index (χ4v) is 7.69. The number of carbonyl (C=O) groups excluding carboxylic acids is 2. The van der Waals surface area contributed by atoms with Gasteiger partial charge >= 0.3 is 11.9 Å². The summed E-state index contributed by atoms with van der Waals surface area (Å²) in [5.74, 6) is -0.333. The summed E-state index contributed by atoms with van der Waals surface area (Å²) in [6.45, 7) is 12.8. The molecule has 2 saturated carbocycles. The van der Waals surface area contributed by atoms with Crippen molar-refractivity contribution in [1.29, 1.82) is 10.5 Å². The fourth-order valence-electron chi connectivity index (χ4n) is 7.69. The maximum atomic E-state index is 14.8. The lowest BCUT2D eigenvalue weighted by Gasteiger charge is -2.43. The lowest BCUT2D eigenvalue weighted by atomic mass is 9.57. The van der Waals surface area contributed by atoms with Crippen molar-refractivity contribution in [3.63, 3.8) is 0 Å². The minimum atomic E-state index is -2.32. The minimum Gasteiger partial charge on any atom is -0.461 e. The summed E-state index contributed by atoms with van der Waals surface area (Å²) in [5, 5.41) is 22.4. The SMILES string of the molecule is CC1CC[C@@H](C(C)C)[C@H](OC(=O)[C@@](C#N)(c2ccccc2)[C@](C#N)(C(=O)O[C@@H]2C[C@H](C)CC[C@H]2C(C)C)c2ccccc2)C1. The second-order valence-electron chi connectivity index (χ2n) is 14.0. The number of esters is 2. The highest BCUT2D eigenvalue weighted by Crippen LogP contribution is 2.49. The predicted octanol–water partition coefficient (Wildman–Crippen LogP) is 7.92. The number of nitriles is 2. The van der Waals surface area contributed by atoms with E-state index in [0.717, 1.165) is 25.7 Å².